The van der Waals surface area contributed by atoms with Crippen LogP contribution in [0.25, 0.3) is 0 Å². The molecule has 1 heterocycles. The molecule has 0 aromatic rings. The first kappa shape index (κ1) is 18.5. The Morgan fingerprint density at radius 3 is 2.31 bits per heavy atom. The fraction of sp³-hybridized carbons (Fsp3) is 0.944. The third kappa shape index (κ3) is 2.52. The van der Waals surface area contributed by atoms with E-state index in [9.17, 15) is 23.1 Å². The first-order valence-electron chi connectivity index (χ1n) is 9.24. The lowest BCUT2D eigenvalue weighted by Crippen LogP contribution is -2.65. The van der Waals surface area contributed by atoms with E-state index in [4.69, 9.17) is 14.2 Å². The minimum atomic E-state index is -4.65. The molecule has 0 radical (unpaired) electrons. The van der Waals surface area contributed by atoms with Crippen LogP contribution in [-0.4, -0.2) is 48.0 Å². The van der Waals surface area contributed by atoms with Gasteiger partial charge in [-0.3, -0.25) is 4.79 Å². The molecule has 4 aliphatic carbocycles. The summed E-state index contributed by atoms with van der Waals surface area (Å²) >= 11 is 0. The van der Waals surface area contributed by atoms with Crippen LogP contribution in [0, 0.1) is 23.2 Å². The maximum atomic E-state index is 13.2. The van der Waals surface area contributed by atoms with Gasteiger partial charge >= 0.3 is 12.1 Å². The molecule has 5 fully saturated rings. The molecule has 3 unspecified atom stereocenters. The smallest absolute Gasteiger partial charge is 0.404 e. The third-order valence-corrected chi connectivity index (χ3v) is 6.85. The zero-order valence-corrected chi connectivity index (χ0v) is 15.0. The zero-order valence-electron chi connectivity index (χ0n) is 15.0. The van der Waals surface area contributed by atoms with Crippen molar-refractivity contribution in [3.8, 4) is 0 Å². The Kier molecular flexibility index (Phi) is 3.97. The van der Waals surface area contributed by atoms with Crippen LogP contribution < -0.4 is 0 Å². The van der Waals surface area contributed by atoms with Crippen molar-refractivity contribution in [1.29, 1.82) is 0 Å². The van der Waals surface area contributed by atoms with E-state index in [0.717, 1.165) is 26.7 Å². The number of rotatable bonds is 3. The van der Waals surface area contributed by atoms with Gasteiger partial charge in [0.15, 0.2) is 11.2 Å². The van der Waals surface area contributed by atoms with Crippen LogP contribution in [0.4, 0.5) is 13.2 Å². The van der Waals surface area contributed by atoms with Crippen LogP contribution >= 0.6 is 0 Å². The van der Waals surface area contributed by atoms with E-state index in [-0.39, 0.29) is 24.5 Å². The summed E-state index contributed by atoms with van der Waals surface area (Å²) in [6.07, 6.45) is -1.78. The van der Waals surface area contributed by atoms with E-state index in [1.54, 1.807) is 0 Å². The Morgan fingerprint density at radius 2 is 1.81 bits per heavy atom. The number of hydrogen-bond donors (Lipinski definition) is 1. The van der Waals surface area contributed by atoms with Gasteiger partial charge < -0.3 is 19.3 Å². The predicted molar refractivity (Wildman–Crippen MR) is 82.9 cm³/mol. The van der Waals surface area contributed by atoms with Crippen molar-refractivity contribution in [2.24, 2.45) is 23.2 Å². The van der Waals surface area contributed by atoms with Gasteiger partial charge in [0.1, 0.15) is 11.7 Å². The molecule has 1 spiro atoms. The molecule has 5 rings (SSSR count). The average Bonchev–Trinajstić information content (AvgIpc) is 2.96. The molecular formula is C18H25F3O5. The number of hydrogen-bond acceptors (Lipinski definition) is 5. The van der Waals surface area contributed by atoms with E-state index in [1.165, 1.54) is 0 Å². The van der Waals surface area contributed by atoms with Crippen molar-refractivity contribution in [2.75, 3.05) is 13.2 Å². The van der Waals surface area contributed by atoms with Crippen molar-refractivity contribution in [2.45, 2.75) is 69.6 Å². The Labute approximate surface area is 150 Å². The molecule has 4 bridgehead atoms. The first-order valence-corrected chi connectivity index (χ1v) is 9.24. The fourth-order valence-electron chi connectivity index (χ4n) is 5.49. The monoisotopic (exact) mass is 378 g/mol. The van der Waals surface area contributed by atoms with E-state index >= 15 is 0 Å². The maximum Gasteiger partial charge on any atom is 0.404 e. The van der Waals surface area contributed by atoms with Gasteiger partial charge in [-0.05, 0) is 51.9 Å². The Morgan fingerprint density at radius 1 is 1.19 bits per heavy atom. The van der Waals surface area contributed by atoms with E-state index in [2.05, 4.69) is 0 Å². The second kappa shape index (κ2) is 5.58. The number of ether oxygens (including phenoxy) is 3. The highest BCUT2D eigenvalue weighted by molar-refractivity contribution is 5.77. The van der Waals surface area contributed by atoms with Crippen LogP contribution in [-0.2, 0) is 19.0 Å². The summed E-state index contributed by atoms with van der Waals surface area (Å²) in [5, 5.41) is 9.36. The highest BCUT2D eigenvalue weighted by Crippen LogP contribution is 2.64. The molecule has 3 atom stereocenters. The number of alkyl halides is 3. The zero-order chi connectivity index (χ0) is 19.0. The van der Waals surface area contributed by atoms with E-state index < -0.39 is 28.9 Å². The maximum absolute atomic E-state index is 13.2. The van der Waals surface area contributed by atoms with Gasteiger partial charge in [-0.2, -0.15) is 13.2 Å². The van der Waals surface area contributed by atoms with Gasteiger partial charge in [0, 0.05) is 11.8 Å². The van der Waals surface area contributed by atoms with Gasteiger partial charge in [-0.1, -0.05) is 0 Å². The summed E-state index contributed by atoms with van der Waals surface area (Å²) in [5.74, 6) is -1.72. The quantitative estimate of drug-likeness (QED) is 0.765. The van der Waals surface area contributed by atoms with E-state index in [1.807, 2.05) is 0 Å². The van der Waals surface area contributed by atoms with Crippen LogP contribution in [0.5, 0.6) is 0 Å². The Balaban J connectivity index is 1.55. The summed E-state index contributed by atoms with van der Waals surface area (Å²) in [6.45, 7) is 1.94. The summed E-state index contributed by atoms with van der Waals surface area (Å²) in [7, 11) is 0. The Hall–Kier alpha value is -0.860. The van der Waals surface area contributed by atoms with Crippen molar-refractivity contribution in [3.05, 3.63) is 0 Å². The molecule has 26 heavy (non-hydrogen) atoms. The lowest BCUT2D eigenvalue weighted by atomic mass is 9.51. The van der Waals surface area contributed by atoms with Crippen LogP contribution in [0.2, 0.25) is 0 Å². The molecule has 148 valence electrons. The summed E-state index contributed by atoms with van der Waals surface area (Å²) in [6, 6.07) is 0. The third-order valence-electron chi connectivity index (χ3n) is 6.85. The van der Waals surface area contributed by atoms with Crippen LogP contribution in [0.15, 0.2) is 0 Å². The average molecular weight is 378 g/mol. The minimum Gasteiger partial charge on any atom is -0.458 e. The van der Waals surface area contributed by atoms with Crippen LogP contribution in [0.3, 0.4) is 0 Å². The number of esters is 1. The molecule has 1 N–H and O–H groups in total. The van der Waals surface area contributed by atoms with Gasteiger partial charge in [0.2, 0.25) is 0 Å². The SMILES string of the molecule is CC(C)(C(=O)OC12CC3CC(C1)C1(OCC(CO)O1)C(C3)C2)C(F)(F)F. The highest BCUT2D eigenvalue weighted by Gasteiger charge is 2.68. The van der Waals surface area contributed by atoms with Gasteiger partial charge in [0.25, 0.3) is 0 Å². The summed E-state index contributed by atoms with van der Waals surface area (Å²) < 4.78 is 57.2. The molecule has 4 saturated carbocycles. The van der Waals surface area contributed by atoms with Crippen molar-refractivity contribution in [1.82, 2.24) is 0 Å². The van der Waals surface area contributed by atoms with Crippen molar-refractivity contribution < 1.29 is 37.3 Å². The molecule has 5 aliphatic rings. The minimum absolute atomic E-state index is 0.0212. The largest absolute Gasteiger partial charge is 0.458 e. The number of carbonyl (C=O) groups excluding carboxylic acids is 1. The number of carbonyl (C=O) groups is 1. The lowest BCUT2D eigenvalue weighted by molar-refractivity contribution is -0.323. The Bertz CT molecular complexity index is 586. The lowest BCUT2D eigenvalue weighted by Gasteiger charge is -2.62. The van der Waals surface area contributed by atoms with Crippen molar-refractivity contribution in [3.63, 3.8) is 0 Å². The molecule has 8 heteroatoms. The van der Waals surface area contributed by atoms with E-state index in [0.29, 0.717) is 31.8 Å². The molecule has 5 nitrogen and oxygen atoms in total. The molecule has 0 aromatic carbocycles. The number of aliphatic hydroxyl groups excluding tert-OH is 1. The topological polar surface area (TPSA) is 65.0 Å². The summed E-state index contributed by atoms with van der Waals surface area (Å²) in [4.78, 5) is 12.4. The highest BCUT2D eigenvalue weighted by atomic mass is 19.4. The standard InChI is InChI=1S/C18H25F3O5/c1-15(2,18(19,20)21)14(23)26-16-5-10-3-11(6-16)17(12(4-10)7-16)24-9-13(8-22)25-17/h10-13,22H,3-9H2,1-2H3. The molecule has 0 amide bonds. The summed E-state index contributed by atoms with van der Waals surface area (Å²) in [5.41, 5.74) is -3.39. The normalized spacial score (nSPS) is 44.7. The molecule has 1 saturated heterocycles. The van der Waals surface area contributed by atoms with Gasteiger partial charge in [0.05, 0.1) is 13.2 Å². The first-order chi connectivity index (χ1) is 12.0. The second-order valence-corrected chi connectivity index (χ2v) is 8.99. The number of aliphatic hydroxyl groups is 1. The molecule has 0 aromatic heterocycles. The van der Waals surface area contributed by atoms with Gasteiger partial charge in [-0.15, -0.1) is 0 Å². The number of halogens is 3. The van der Waals surface area contributed by atoms with Crippen molar-refractivity contribution >= 4 is 5.97 Å². The second-order valence-electron chi connectivity index (χ2n) is 8.99. The predicted octanol–water partition coefficient (Wildman–Crippen LogP) is 2.80. The molecular weight excluding hydrogens is 353 g/mol. The molecule has 1 aliphatic heterocycles. The van der Waals surface area contributed by atoms with Gasteiger partial charge in [-0.25, -0.2) is 0 Å². The van der Waals surface area contributed by atoms with Crippen LogP contribution in [0.1, 0.15) is 46.0 Å². The fourth-order valence-corrected chi connectivity index (χ4v) is 5.49.